The number of Topliss-reactive ketones (excluding diaryl/α,β-unsaturated/α-hetero) is 1. The van der Waals surface area contributed by atoms with Gasteiger partial charge >= 0.3 is 0 Å². The maximum atomic E-state index is 11.4. The van der Waals surface area contributed by atoms with Crippen LogP contribution in [0.1, 0.15) is 18.4 Å². The maximum Gasteiger partial charge on any atom is 0.135 e. The van der Waals surface area contributed by atoms with Crippen LogP contribution in [0.3, 0.4) is 0 Å². The van der Waals surface area contributed by atoms with E-state index in [0.717, 1.165) is 13.0 Å². The van der Waals surface area contributed by atoms with Crippen molar-refractivity contribution >= 4 is 5.78 Å². The van der Waals surface area contributed by atoms with Crippen LogP contribution in [0.15, 0.2) is 30.3 Å². The zero-order valence-corrected chi connectivity index (χ0v) is 8.11. The molecule has 2 nitrogen and oxygen atoms in total. The zero-order chi connectivity index (χ0) is 9.80. The molecule has 0 spiro atoms. The minimum Gasteiger partial charge on any atom is -0.373 e. The van der Waals surface area contributed by atoms with Crippen molar-refractivity contribution in [3.63, 3.8) is 0 Å². The van der Waals surface area contributed by atoms with Gasteiger partial charge in [-0.15, -0.1) is 0 Å². The van der Waals surface area contributed by atoms with Crippen LogP contribution in [-0.4, -0.2) is 18.5 Å². The number of carbonyl (C=O) groups is 1. The van der Waals surface area contributed by atoms with Gasteiger partial charge in [-0.3, -0.25) is 4.79 Å². The van der Waals surface area contributed by atoms with Crippen LogP contribution in [0.4, 0.5) is 0 Å². The Hall–Kier alpha value is -1.15. The average molecular weight is 190 g/mol. The number of ketones is 1. The number of epoxide rings is 1. The van der Waals surface area contributed by atoms with E-state index in [-0.39, 0.29) is 6.10 Å². The highest BCUT2D eigenvalue weighted by Gasteiger charge is 2.24. The van der Waals surface area contributed by atoms with E-state index in [4.69, 9.17) is 4.74 Å². The van der Waals surface area contributed by atoms with E-state index in [0.29, 0.717) is 18.6 Å². The number of benzene rings is 1. The monoisotopic (exact) mass is 190 g/mol. The van der Waals surface area contributed by atoms with Gasteiger partial charge in [-0.2, -0.15) is 0 Å². The SMILES string of the molecule is O=C(CCc1ccccc1)CC1CO1. The minimum absolute atomic E-state index is 0.235. The van der Waals surface area contributed by atoms with Gasteiger partial charge in [0, 0.05) is 12.8 Å². The second kappa shape index (κ2) is 4.38. The summed E-state index contributed by atoms with van der Waals surface area (Å²) in [7, 11) is 0. The normalized spacial score (nSPS) is 19.3. The minimum atomic E-state index is 0.235. The summed E-state index contributed by atoms with van der Waals surface area (Å²) >= 11 is 0. The predicted molar refractivity (Wildman–Crippen MR) is 54.1 cm³/mol. The number of carbonyl (C=O) groups excluding carboxylic acids is 1. The summed E-state index contributed by atoms with van der Waals surface area (Å²) in [6, 6.07) is 10.1. The summed E-state index contributed by atoms with van der Waals surface area (Å²) in [5.74, 6) is 0.316. The summed E-state index contributed by atoms with van der Waals surface area (Å²) in [4.78, 5) is 11.4. The molecule has 1 aliphatic rings. The third-order valence-corrected chi connectivity index (χ3v) is 2.39. The van der Waals surface area contributed by atoms with Crippen molar-refractivity contribution in [1.82, 2.24) is 0 Å². The molecule has 1 aromatic carbocycles. The molecule has 0 radical (unpaired) electrons. The molecule has 1 aliphatic heterocycles. The third kappa shape index (κ3) is 2.96. The molecule has 0 saturated carbocycles. The van der Waals surface area contributed by atoms with Crippen LogP contribution >= 0.6 is 0 Å². The smallest absolute Gasteiger partial charge is 0.135 e. The molecule has 1 atom stereocenters. The molecule has 14 heavy (non-hydrogen) atoms. The van der Waals surface area contributed by atoms with Crippen molar-refractivity contribution in [2.24, 2.45) is 0 Å². The van der Waals surface area contributed by atoms with Crippen LogP contribution in [-0.2, 0) is 16.0 Å². The van der Waals surface area contributed by atoms with Crippen molar-refractivity contribution in [2.75, 3.05) is 6.61 Å². The van der Waals surface area contributed by atoms with Crippen LogP contribution < -0.4 is 0 Å². The fraction of sp³-hybridized carbons (Fsp3) is 0.417. The quantitative estimate of drug-likeness (QED) is 0.664. The topological polar surface area (TPSA) is 29.6 Å². The molecular weight excluding hydrogens is 176 g/mol. The molecule has 1 heterocycles. The molecule has 0 aliphatic carbocycles. The van der Waals surface area contributed by atoms with Gasteiger partial charge in [0.2, 0.25) is 0 Å². The molecule has 2 heteroatoms. The Morgan fingerprint density at radius 2 is 2.07 bits per heavy atom. The van der Waals surface area contributed by atoms with Gasteiger partial charge < -0.3 is 4.74 Å². The van der Waals surface area contributed by atoms with E-state index in [9.17, 15) is 4.79 Å². The molecule has 0 bridgehead atoms. The second-order valence-electron chi connectivity index (χ2n) is 3.68. The molecule has 74 valence electrons. The lowest BCUT2D eigenvalue weighted by Gasteiger charge is -1.99. The number of hydrogen-bond donors (Lipinski definition) is 0. The Balaban J connectivity index is 1.73. The molecule has 0 N–H and O–H groups in total. The highest BCUT2D eigenvalue weighted by Crippen LogP contribution is 2.15. The first-order valence-electron chi connectivity index (χ1n) is 5.02. The molecule has 0 amide bonds. The van der Waals surface area contributed by atoms with Crippen molar-refractivity contribution in [3.05, 3.63) is 35.9 Å². The fourth-order valence-electron chi connectivity index (χ4n) is 1.47. The summed E-state index contributed by atoms with van der Waals surface area (Å²) < 4.78 is 5.01. The van der Waals surface area contributed by atoms with Gasteiger partial charge in [-0.1, -0.05) is 30.3 Å². The first kappa shape index (κ1) is 9.41. The third-order valence-electron chi connectivity index (χ3n) is 2.39. The first-order valence-corrected chi connectivity index (χ1v) is 5.02. The van der Waals surface area contributed by atoms with Gasteiger partial charge in [0.15, 0.2) is 0 Å². The summed E-state index contributed by atoms with van der Waals surface area (Å²) in [6.45, 7) is 0.775. The van der Waals surface area contributed by atoms with Crippen molar-refractivity contribution < 1.29 is 9.53 Å². The van der Waals surface area contributed by atoms with Gasteiger partial charge in [0.05, 0.1) is 12.7 Å². The Morgan fingerprint density at radius 3 is 2.71 bits per heavy atom. The molecule has 1 aromatic rings. The van der Waals surface area contributed by atoms with Crippen molar-refractivity contribution in [2.45, 2.75) is 25.4 Å². The molecule has 1 fully saturated rings. The van der Waals surface area contributed by atoms with E-state index in [1.165, 1.54) is 5.56 Å². The summed E-state index contributed by atoms with van der Waals surface area (Å²) in [5.41, 5.74) is 1.23. The fourth-order valence-corrected chi connectivity index (χ4v) is 1.47. The predicted octanol–water partition coefficient (Wildman–Crippen LogP) is 1.98. The lowest BCUT2D eigenvalue weighted by atomic mass is 10.1. The number of aryl methyl sites for hydroxylation is 1. The largest absolute Gasteiger partial charge is 0.373 e. The highest BCUT2D eigenvalue weighted by molar-refractivity contribution is 5.79. The van der Waals surface area contributed by atoms with E-state index < -0.39 is 0 Å². The maximum absolute atomic E-state index is 11.4. The van der Waals surface area contributed by atoms with E-state index >= 15 is 0 Å². The standard InChI is InChI=1S/C12H14O2/c13-11(8-12-9-14-12)7-6-10-4-2-1-3-5-10/h1-5,12H,6-9H2. The molecule has 0 aromatic heterocycles. The zero-order valence-electron chi connectivity index (χ0n) is 8.11. The Morgan fingerprint density at radius 1 is 1.36 bits per heavy atom. The van der Waals surface area contributed by atoms with Crippen LogP contribution in [0.25, 0.3) is 0 Å². The van der Waals surface area contributed by atoms with Gasteiger partial charge in [-0.05, 0) is 12.0 Å². The Kier molecular flexibility index (Phi) is 2.94. The van der Waals surface area contributed by atoms with Gasteiger partial charge in [-0.25, -0.2) is 0 Å². The van der Waals surface area contributed by atoms with Gasteiger partial charge in [0.25, 0.3) is 0 Å². The highest BCUT2D eigenvalue weighted by atomic mass is 16.6. The molecule has 1 saturated heterocycles. The Bertz CT molecular complexity index is 301. The van der Waals surface area contributed by atoms with Crippen molar-refractivity contribution in [3.8, 4) is 0 Å². The average Bonchev–Trinajstić information content (AvgIpc) is 3.00. The number of hydrogen-bond acceptors (Lipinski definition) is 2. The Labute approximate surface area is 83.9 Å². The lowest BCUT2D eigenvalue weighted by molar-refractivity contribution is -0.119. The lowest BCUT2D eigenvalue weighted by Crippen LogP contribution is -2.03. The van der Waals surface area contributed by atoms with Crippen molar-refractivity contribution in [1.29, 1.82) is 0 Å². The first-order chi connectivity index (χ1) is 6.84. The van der Waals surface area contributed by atoms with Crippen LogP contribution in [0.5, 0.6) is 0 Å². The van der Waals surface area contributed by atoms with E-state index in [1.54, 1.807) is 0 Å². The number of ether oxygens (including phenoxy) is 1. The molecular formula is C12H14O2. The van der Waals surface area contributed by atoms with Crippen LogP contribution in [0, 0.1) is 0 Å². The van der Waals surface area contributed by atoms with Gasteiger partial charge in [0.1, 0.15) is 5.78 Å². The van der Waals surface area contributed by atoms with Crippen LogP contribution in [0.2, 0.25) is 0 Å². The summed E-state index contributed by atoms with van der Waals surface area (Å²) in [6.07, 6.45) is 2.33. The molecule has 1 unspecified atom stereocenters. The molecule has 2 rings (SSSR count). The number of rotatable bonds is 5. The van der Waals surface area contributed by atoms with E-state index in [1.807, 2.05) is 18.2 Å². The second-order valence-corrected chi connectivity index (χ2v) is 3.68. The summed E-state index contributed by atoms with van der Waals surface area (Å²) in [5, 5.41) is 0. The van der Waals surface area contributed by atoms with E-state index in [2.05, 4.69) is 12.1 Å².